The Morgan fingerprint density at radius 3 is 3.27 bits per heavy atom. The minimum atomic E-state index is 0.439. The van der Waals surface area contributed by atoms with Crippen LogP contribution in [0.15, 0.2) is 18.5 Å². The van der Waals surface area contributed by atoms with Crippen molar-refractivity contribution >= 4 is 11.2 Å². The zero-order valence-corrected chi connectivity index (χ0v) is 5.91. The van der Waals surface area contributed by atoms with E-state index in [2.05, 4.69) is 15.0 Å². The lowest BCUT2D eigenvalue weighted by atomic mass is 10.4. The molecule has 0 aliphatic carbocycles. The van der Waals surface area contributed by atoms with Crippen LogP contribution in [0.2, 0.25) is 0 Å². The maximum absolute atomic E-state index is 5.40. The van der Waals surface area contributed by atoms with E-state index in [1.165, 1.54) is 0 Å². The van der Waals surface area contributed by atoms with E-state index < -0.39 is 0 Å². The van der Waals surface area contributed by atoms with Crippen molar-refractivity contribution in [3.63, 3.8) is 0 Å². The molecule has 4 nitrogen and oxygen atoms in total. The molecule has 0 saturated heterocycles. The van der Waals surface area contributed by atoms with Crippen LogP contribution in [-0.2, 0) is 6.54 Å². The van der Waals surface area contributed by atoms with E-state index in [-0.39, 0.29) is 0 Å². The van der Waals surface area contributed by atoms with Gasteiger partial charge in [0.2, 0.25) is 0 Å². The second-order valence-corrected chi connectivity index (χ2v) is 2.28. The first-order valence-electron chi connectivity index (χ1n) is 3.39. The van der Waals surface area contributed by atoms with Crippen LogP contribution in [-0.4, -0.2) is 15.0 Å². The van der Waals surface area contributed by atoms with Crippen LogP contribution < -0.4 is 5.73 Å². The number of hydrogen-bond acceptors (Lipinski definition) is 3. The molecule has 0 aliphatic rings. The second-order valence-electron chi connectivity index (χ2n) is 2.28. The molecule has 56 valence electrons. The van der Waals surface area contributed by atoms with Gasteiger partial charge < -0.3 is 10.7 Å². The summed E-state index contributed by atoms with van der Waals surface area (Å²) < 4.78 is 0. The molecule has 0 amide bonds. The van der Waals surface area contributed by atoms with Crippen LogP contribution in [0.5, 0.6) is 0 Å². The van der Waals surface area contributed by atoms with Gasteiger partial charge in [0.05, 0.1) is 11.9 Å². The summed E-state index contributed by atoms with van der Waals surface area (Å²) >= 11 is 0. The van der Waals surface area contributed by atoms with Crippen molar-refractivity contribution in [3.05, 3.63) is 24.2 Å². The quantitative estimate of drug-likeness (QED) is 0.615. The van der Waals surface area contributed by atoms with E-state index in [1.54, 1.807) is 6.20 Å². The molecule has 0 bridgehead atoms. The van der Waals surface area contributed by atoms with Gasteiger partial charge in [-0.15, -0.1) is 0 Å². The Hall–Kier alpha value is -1.42. The van der Waals surface area contributed by atoms with Crippen molar-refractivity contribution in [3.8, 4) is 0 Å². The fraction of sp³-hybridized carbons (Fsp3) is 0.143. The molecule has 0 radical (unpaired) electrons. The summed E-state index contributed by atoms with van der Waals surface area (Å²) in [5, 5.41) is 0. The molecule has 0 saturated carbocycles. The molecule has 2 rings (SSSR count). The van der Waals surface area contributed by atoms with Crippen LogP contribution in [0.25, 0.3) is 11.2 Å². The van der Waals surface area contributed by atoms with Gasteiger partial charge in [0.25, 0.3) is 0 Å². The molecule has 0 spiro atoms. The fourth-order valence-electron chi connectivity index (χ4n) is 0.967. The van der Waals surface area contributed by atoms with Crippen molar-refractivity contribution in [2.24, 2.45) is 5.73 Å². The number of fused-ring (bicyclic) bond motifs is 1. The van der Waals surface area contributed by atoms with E-state index in [0.29, 0.717) is 6.54 Å². The van der Waals surface area contributed by atoms with E-state index >= 15 is 0 Å². The minimum absolute atomic E-state index is 0.439. The molecule has 0 atom stereocenters. The number of H-pyrrole nitrogens is 1. The van der Waals surface area contributed by atoms with Gasteiger partial charge in [-0.1, -0.05) is 0 Å². The number of hydrogen-bond donors (Lipinski definition) is 2. The highest BCUT2D eigenvalue weighted by Crippen LogP contribution is 2.05. The largest absolute Gasteiger partial charge is 0.345 e. The molecule has 11 heavy (non-hydrogen) atoms. The summed E-state index contributed by atoms with van der Waals surface area (Å²) in [5.41, 5.74) is 7.89. The van der Waals surface area contributed by atoms with Crippen LogP contribution in [0.1, 0.15) is 5.69 Å². The number of nitrogens with zero attached hydrogens (tertiary/aromatic N) is 2. The zero-order chi connectivity index (χ0) is 7.68. The smallest absolute Gasteiger partial charge is 0.156 e. The van der Waals surface area contributed by atoms with Crippen molar-refractivity contribution < 1.29 is 0 Å². The molecular weight excluding hydrogens is 140 g/mol. The Bertz CT molecular complexity index is 365. The summed E-state index contributed by atoms with van der Waals surface area (Å²) in [7, 11) is 0. The van der Waals surface area contributed by atoms with Crippen LogP contribution in [0.4, 0.5) is 0 Å². The molecule has 0 aromatic carbocycles. The average molecular weight is 148 g/mol. The SMILES string of the molecule is NCc1cnc2[nH]ccc2n1. The van der Waals surface area contributed by atoms with Crippen LogP contribution in [0.3, 0.4) is 0 Å². The third-order valence-electron chi connectivity index (χ3n) is 1.52. The van der Waals surface area contributed by atoms with Crippen LogP contribution >= 0.6 is 0 Å². The lowest BCUT2D eigenvalue weighted by Crippen LogP contribution is -1.99. The molecule has 2 aromatic rings. The lowest BCUT2D eigenvalue weighted by molar-refractivity contribution is 0.986. The fourth-order valence-corrected chi connectivity index (χ4v) is 0.967. The van der Waals surface area contributed by atoms with Gasteiger partial charge >= 0.3 is 0 Å². The lowest BCUT2D eigenvalue weighted by Gasteiger charge is -1.93. The predicted molar refractivity (Wildman–Crippen MR) is 41.8 cm³/mol. The van der Waals surface area contributed by atoms with Gasteiger partial charge in [0, 0.05) is 12.7 Å². The number of aromatic amines is 1. The van der Waals surface area contributed by atoms with Gasteiger partial charge in [0.1, 0.15) is 5.52 Å². The van der Waals surface area contributed by atoms with Crippen molar-refractivity contribution in [2.75, 3.05) is 0 Å². The standard InChI is InChI=1S/C7H8N4/c8-3-5-4-10-7-6(11-5)1-2-9-7/h1-2,4H,3,8H2,(H,9,10). The van der Waals surface area contributed by atoms with E-state index in [0.717, 1.165) is 16.9 Å². The first-order chi connectivity index (χ1) is 5.40. The number of nitrogens with one attached hydrogen (secondary N) is 1. The molecule has 0 aliphatic heterocycles. The maximum atomic E-state index is 5.40. The maximum Gasteiger partial charge on any atom is 0.156 e. The van der Waals surface area contributed by atoms with Gasteiger partial charge in [0.15, 0.2) is 5.65 Å². The number of nitrogens with two attached hydrogens (primary N) is 1. The third kappa shape index (κ3) is 0.969. The molecular formula is C7H8N4. The van der Waals surface area contributed by atoms with Crippen LogP contribution in [0, 0.1) is 0 Å². The summed E-state index contributed by atoms with van der Waals surface area (Å²) in [6.45, 7) is 0.439. The Morgan fingerprint density at radius 2 is 2.45 bits per heavy atom. The summed E-state index contributed by atoms with van der Waals surface area (Å²) in [4.78, 5) is 11.3. The van der Waals surface area contributed by atoms with E-state index in [4.69, 9.17) is 5.73 Å². The molecule has 3 N–H and O–H groups in total. The number of aromatic nitrogens is 3. The number of rotatable bonds is 1. The Labute approximate surface area is 63.5 Å². The summed E-state index contributed by atoms with van der Waals surface area (Å²) in [6.07, 6.45) is 3.49. The van der Waals surface area contributed by atoms with Gasteiger partial charge in [-0.2, -0.15) is 0 Å². The Balaban J connectivity index is 2.67. The normalized spacial score (nSPS) is 10.6. The van der Waals surface area contributed by atoms with Gasteiger partial charge in [-0.25, -0.2) is 9.97 Å². The highest BCUT2D eigenvalue weighted by molar-refractivity contribution is 5.69. The predicted octanol–water partition coefficient (Wildman–Crippen LogP) is 0.417. The van der Waals surface area contributed by atoms with Crippen molar-refractivity contribution in [2.45, 2.75) is 6.54 Å². The van der Waals surface area contributed by atoms with Gasteiger partial charge in [-0.3, -0.25) is 0 Å². The molecule has 2 aromatic heterocycles. The monoisotopic (exact) mass is 148 g/mol. The molecule has 0 fully saturated rings. The second kappa shape index (κ2) is 2.32. The molecule has 0 unspecified atom stereocenters. The van der Waals surface area contributed by atoms with Crippen molar-refractivity contribution in [1.29, 1.82) is 0 Å². The van der Waals surface area contributed by atoms with E-state index in [1.807, 2.05) is 12.3 Å². The van der Waals surface area contributed by atoms with E-state index in [9.17, 15) is 0 Å². The first-order valence-corrected chi connectivity index (χ1v) is 3.39. The first kappa shape index (κ1) is 6.30. The summed E-state index contributed by atoms with van der Waals surface area (Å²) in [5.74, 6) is 0. The molecule has 4 heteroatoms. The topological polar surface area (TPSA) is 67.6 Å². The summed E-state index contributed by atoms with van der Waals surface area (Å²) in [6, 6.07) is 1.88. The zero-order valence-electron chi connectivity index (χ0n) is 5.91. The Kier molecular flexibility index (Phi) is 1.33. The highest BCUT2D eigenvalue weighted by atomic mass is 14.9. The third-order valence-corrected chi connectivity index (χ3v) is 1.52. The minimum Gasteiger partial charge on any atom is -0.345 e. The van der Waals surface area contributed by atoms with Gasteiger partial charge in [-0.05, 0) is 6.07 Å². The molecule has 2 heterocycles. The Morgan fingerprint density at radius 1 is 1.55 bits per heavy atom. The van der Waals surface area contributed by atoms with Crippen molar-refractivity contribution in [1.82, 2.24) is 15.0 Å². The average Bonchev–Trinajstić information content (AvgIpc) is 2.50. The highest BCUT2D eigenvalue weighted by Gasteiger charge is 1.96.